The highest BCUT2D eigenvalue weighted by atomic mass is 32.2. The van der Waals surface area contributed by atoms with Gasteiger partial charge in [0, 0.05) is 11.8 Å². The van der Waals surface area contributed by atoms with Crippen LogP contribution in [0.25, 0.3) is 0 Å². The van der Waals surface area contributed by atoms with E-state index < -0.39 is 0 Å². The molecule has 0 aliphatic carbocycles. The van der Waals surface area contributed by atoms with Crippen LogP contribution in [0.3, 0.4) is 0 Å². The van der Waals surface area contributed by atoms with E-state index in [0.29, 0.717) is 12.0 Å². The maximum atomic E-state index is 6.09. The number of rotatable bonds is 3. The number of nitrogens with two attached hydrogens (primary N) is 1. The van der Waals surface area contributed by atoms with Crippen LogP contribution in [-0.2, 0) is 6.42 Å². The molecule has 16 heavy (non-hydrogen) atoms. The van der Waals surface area contributed by atoms with E-state index in [1.54, 1.807) is 7.11 Å². The fourth-order valence-corrected chi connectivity index (χ4v) is 3.52. The smallest absolute Gasteiger partial charge is 0.122 e. The number of hydrogen-bond donors (Lipinski definition) is 1. The third-order valence-corrected chi connectivity index (χ3v) is 4.45. The number of aryl methyl sites for hydroxylation is 1. The zero-order chi connectivity index (χ0) is 11.5. The van der Waals surface area contributed by atoms with Gasteiger partial charge >= 0.3 is 0 Å². The number of hydrogen-bond acceptors (Lipinski definition) is 3. The Balaban J connectivity index is 2.16. The van der Waals surface area contributed by atoms with Crippen molar-refractivity contribution in [2.45, 2.75) is 19.4 Å². The summed E-state index contributed by atoms with van der Waals surface area (Å²) in [5.74, 6) is 3.87. The Morgan fingerprint density at radius 3 is 2.88 bits per heavy atom. The van der Waals surface area contributed by atoms with E-state index in [0.717, 1.165) is 17.9 Å². The fourth-order valence-electron chi connectivity index (χ4n) is 2.17. The lowest BCUT2D eigenvalue weighted by atomic mass is 9.94. The summed E-state index contributed by atoms with van der Waals surface area (Å²) in [6.07, 6.45) is 1.04. The second-order valence-electron chi connectivity index (χ2n) is 4.48. The fraction of sp³-hybridized carbons (Fsp3) is 0.538. The van der Waals surface area contributed by atoms with Crippen molar-refractivity contribution in [2.75, 3.05) is 18.6 Å². The van der Waals surface area contributed by atoms with Crippen LogP contribution in [0.1, 0.15) is 11.1 Å². The molecule has 2 atom stereocenters. The van der Waals surface area contributed by atoms with Gasteiger partial charge in [0.1, 0.15) is 5.75 Å². The molecule has 0 amide bonds. The molecule has 0 radical (unpaired) electrons. The Labute approximate surface area is 102 Å². The lowest BCUT2D eigenvalue weighted by molar-refractivity contribution is 0.403. The second kappa shape index (κ2) is 5.11. The molecule has 1 aliphatic heterocycles. The van der Waals surface area contributed by atoms with Crippen LogP contribution < -0.4 is 10.5 Å². The number of methoxy groups -OCH3 is 1. The van der Waals surface area contributed by atoms with Crippen molar-refractivity contribution in [1.82, 2.24) is 0 Å². The summed E-state index contributed by atoms with van der Waals surface area (Å²) in [5, 5.41) is 0. The molecule has 1 heterocycles. The average Bonchev–Trinajstić information content (AvgIpc) is 2.65. The van der Waals surface area contributed by atoms with Gasteiger partial charge in [-0.05, 0) is 36.6 Å². The highest BCUT2D eigenvalue weighted by Gasteiger charge is 2.25. The van der Waals surface area contributed by atoms with E-state index >= 15 is 0 Å². The molecule has 2 N–H and O–H groups in total. The van der Waals surface area contributed by atoms with Crippen LogP contribution in [0.2, 0.25) is 0 Å². The van der Waals surface area contributed by atoms with Crippen molar-refractivity contribution in [2.24, 2.45) is 11.7 Å². The second-order valence-corrected chi connectivity index (χ2v) is 5.56. The first-order valence-electron chi connectivity index (χ1n) is 5.67. The number of benzene rings is 1. The highest BCUT2D eigenvalue weighted by Crippen LogP contribution is 2.29. The molecule has 2 nitrogen and oxygen atoms in total. The van der Waals surface area contributed by atoms with E-state index in [1.165, 1.54) is 16.9 Å². The first kappa shape index (κ1) is 11.8. The lowest BCUT2D eigenvalue weighted by Crippen LogP contribution is -2.29. The average molecular weight is 237 g/mol. The third kappa shape index (κ3) is 2.53. The van der Waals surface area contributed by atoms with Crippen molar-refractivity contribution in [3.63, 3.8) is 0 Å². The van der Waals surface area contributed by atoms with Gasteiger partial charge in [0.2, 0.25) is 0 Å². The monoisotopic (exact) mass is 237 g/mol. The SMILES string of the molecule is COc1ccc(C)cc1CC1CSCC1N. The maximum absolute atomic E-state index is 6.09. The van der Waals surface area contributed by atoms with Gasteiger partial charge in [-0.25, -0.2) is 0 Å². The van der Waals surface area contributed by atoms with E-state index in [9.17, 15) is 0 Å². The van der Waals surface area contributed by atoms with E-state index in [-0.39, 0.29) is 0 Å². The third-order valence-electron chi connectivity index (χ3n) is 3.17. The molecule has 2 unspecified atom stereocenters. The summed E-state index contributed by atoms with van der Waals surface area (Å²) < 4.78 is 5.40. The first-order chi connectivity index (χ1) is 7.70. The predicted octanol–water partition coefficient (Wildman–Crippen LogP) is 2.24. The topological polar surface area (TPSA) is 35.2 Å². The molecule has 0 bridgehead atoms. The van der Waals surface area contributed by atoms with Gasteiger partial charge in [-0.3, -0.25) is 0 Å². The first-order valence-corrected chi connectivity index (χ1v) is 6.83. The van der Waals surface area contributed by atoms with Crippen LogP contribution in [0.15, 0.2) is 18.2 Å². The summed E-state index contributed by atoms with van der Waals surface area (Å²) in [7, 11) is 1.73. The summed E-state index contributed by atoms with van der Waals surface area (Å²) in [5.41, 5.74) is 8.68. The Morgan fingerprint density at radius 2 is 2.25 bits per heavy atom. The van der Waals surface area contributed by atoms with E-state index in [1.807, 2.05) is 11.8 Å². The van der Waals surface area contributed by atoms with Gasteiger partial charge in [0.25, 0.3) is 0 Å². The van der Waals surface area contributed by atoms with Crippen molar-refractivity contribution in [1.29, 1.82) is 0 Å². The van der Waals surface area contributed by atoms with Crippen LogP contribution in [0, 0.1) is 12.8 Å². The standard InChI is InChI=1S/C13H19NOS/c1-9-3-4-13(15-2)10(5-9)6-11-7-16-8-12(11)14/h3-5,11-12H,6-8,14H2,1-2H3. The normalized spacial score (nSPS) is 24.7. The number of thioether (sulfide) groups is 1. The van der Waals surface area contributed by atoms with Gasteiger partial charge in [-0.1, -0.05) is 17.7 Å². The van der Waals surface area contributed by atoms with Crippen LogP contribution in [0.5, 0.6) is 5.75 Å². The van der Waals surface area contributed by atoms with Crippen molar-refractivity contribution in [3.05, 3.63) is 29.3 Å². The highest BCUT2D eigenvalue weighted by molar-refractivity contribution is 7.99. The van der Waals surface area contributed by atoms with Gasteiger partial charge in [0.15, 0.2) is 0 Å². The Kier molecular flexibility index (Phi) is 3.77. The zero-order valence-electron chi connectivity index (χ0n) is 9.90. The molecule has 1 aromatic rings. The molecule has 1 fully saturated rings. The van der Waals surface area contributed by atoms with Crippen LogP contribution in [0.4, 0.5) is 0 Å². The van der Waals surface area contributed by atoms with Gasteiger partial charge in [-0.2, -0.15) is 11.8 Å². The maximum Gasteiger partial charge on any atom is 0.122 e. The van der Waals surface area contributed by atoms with Gasteiger partial charge < -0.3 is 10.5 Å². The Bertz CT molecular complexity index is 367. The quantitative estimate of drug-likeness (QED) is 0.875. The molecule has 88 valence electrons. The molecule has 0 spiro atoms. The molecule has 1 aliphatic rings. The largest absolute Gasteiger partial charge is 0.496 e. The molecular formula is C13H19NOS. The predicted molar refractivity (Wildman–Crippen MR) is 70.2 cm³/mol. The minimum atomic E-state index is 0.343. The molecule has 2 rings (SSSR count). The van der Waals surface area contributed by atoms with Crippen LogP contribution >= 0.6 is 11.8 Å². The molecule has 0 saturated carbocycles. The lowest BCUT2D eigenvalue weighted by Gasteiger charge is -2.16. The summed E-state index contributed by atoms with van der Waals surface area (Å²) in [6, 6.07) is 6.70. The summed E-state index contributed by atoms with van der Waals surface area (Å²) in [6.45, 7) is 2.12. The molecule has 0 aromatic heterocycles. The molecular weight excluding hydrogens is 218 g/mol. The van der Waals surface area contributed by atoms with Crippen molar-refractivity contribution >= 4 is 11.8 Å². The molecule has 1 saturated heterocycles. The zero-order valence-corrected chi connectivity index (χ0v) is 10.7. The van der Waals surface area contributed by atoms with E-state index in [2.05, 4.69) is 25.1 Å². The summed E-state index contributed by atoms with van der Waals surface area (Å²) >= 11 is 1.96. The van der Waals surface area contributed by atoms with Gasteiger partial charge in [-0.15, -0.1) is 0 Å². The minimum Gasteiger partial charge on any atom is -0.496 e. The van der Waals surface area contributed by atoms with Crippen molar-refractivity contribution < 1.29 is 4.74 Å². The summed E-state index contributed by atoms with van der Waals surface area (Å²) in [4.78, 5) is 0. The Morgan fingerprint density at radius 1 is 1.44 bits per heavy atom. The van der Waals surface area contributed by atoms with Gasteiger partial charge in [0.05, 0.1) is 7.11 Å². The van der Waals surface area contributed by atoms with Crippen LogP contribution in [-0.4, -0.2) is 24.7 Å². The van der Waals surface area contributed by atoms with E-state index in [4.69, 9.17) is 10.5 Å². The van der Waals surface area contributed by atoms with Crippen molar-refractivity contribution in [3.8, 4) is 5.75 Å². The minimum absolute atomic E-state index is 0.343. The molecule has 1 aromatic carbocycles. The number of ether oxygens (including phenoxy) is 1. The molecule has 3 heteroatoms. The Hall–Kier alpha value is -0.670.